The molecular formula is C13H15ClO2. The van der Waals surface area contributed by atoms with Crippen LogP contribution in [-0.2, 0) is 9.53 Å². The third-order valence-corrected chi connectivity index (χ3v) is 3.36. The zero-order valence-corrected chi connectivity index (χ0v) is 10.0. The van der Waals surface area contributed by atoms with Crippen molar-refractivity contribution < 1.29 is 9.53 Å². The summed E-state index contributed by atoms with van der Waals surface area (Å²) < 4.78 is 4.74. The lowest BCUT2D eigenvalue weighted by Gasteiger charge is -2.15. The maximum absolute atomic E-state index is 11.3. The first kappa shape index (κ1) is 11.5. The van der Waals surface area contributed by atoms with Gasteiger partial charge in [-0.05, 0) is 42.4 Å². The lowest BCUT2D eigenvalue weighted by Crippen LogP contribution is -2.10. The highest BCUT2D eigenvalue weighted by molar-refractivity contribution is 6.30. The minimum Gasteiger partial charge on any atom is -0.469 e. The molecule has 0 heterocycles. The normalized spacial score (nSPS) is 16.9. The molecule has 1 aliphatic rings. The van der Waals surface area contributed by atoms with Gasteiger partial charge in [-0.25, -0.2) is 0 Å². The van der Waals surface area contributed by atoms with Gasteiger partial charge >= 0.3 is 5.97 Å². The second-order valence-electron chi connectivity index (χ2n) is 4.28. The Morgan fingerprint density at radius 1 is 1.44 bits per heavy atom. The summed E-state index contributed by atoms with van der Waals surface area (Å²) in [5, 5.41) is 0.733. The van der Waals surface area contributed by atoms with E-state index in [4.69, 9.17) is 16.3 Å². The van der Waals surface area contributed by atoms with Crippen LogP contribution in [0.1, 0.15) is 30.7 Å². The topological polar surface area (TPSA) is 26.3 Å². The summed E-state index contributed by atoms with van der Waals surface area (Å²) in [5.41, 5.74) is 1.19. The first-order valence-electron chi connectivity index (χ1n) is 5.53. The van der Waals surface area contributed by atoms with E-state index in [1.165, 1.54) is 25.5 Å². The molecule has 86 valence electrons. The van der Waals surface area contributed by atoms with Crippen molar-refractivity contribution >= 4 is 17.6 Å². The second kappa shape index (κ2) is 4.88. The van der Waals surface area contributed by atoms with Gasteiger partial charge in [-0.1, -0.05) is 23.7 Å². The van der Waals surface area contributed by atoms with Crippen molar-refractivity contribution in [2.45, 2.75) is 25.2 Å². The van der Waals surface area contributed by atoms with Crippen LogP contribution in [0, 0.1) is 5.92 Å². The third-order valence-electron chi connectivity index (χ3n) is 3.10. The average molecular weight is 239 g/mol. The fraction of sp³-hybridized carbons (Fsp3) is 0.462. The van der Waals surface area contributed by atoms with E-state index >= 15 is 0 Å². The Bertz CT molecular complexity index is 368. The molecular weight excluding hydrogens is 224 g/mol. The van der Waals surface area contributed by atoms with Gasteiger partial charge in [-0.3, -0.25) is 4.79 Å². The van der Waals surface area contributed by atoms with Gasteiger partial charge in [0, 0.05) is 5.02 Å². The van der Waals surface area contributed by atoms with E-state index in [-0.39, 0.29) is 5.97 Å². The Kier molecular flexibility index (Phi) is 3.49. The van der Waals surface area contributed by atoms with Crippen molar-refractivity contribution in [3.63, 3.8) is 0 Å². The molecule has 1 atom stereocenters. The van der Waals surface area contributed by atoms with Crippen molar-refractivity contribution in [1.82, 2.24) is 0 Å². The average Bonchev–Trinajstić information content (AvgIpc) is 3.11. The molecule has 0 N–H and O–H groups in total. The van der Waals surface area contributed by atoms with Crippen molar-refractivity contribution in [1.29, 1.82) is 0 Å². The van der Waals surface area contributed by atoms with Gasteiger partial charge in [-0.2, -0.15) is 0 Å². The number of methoxy groups -OCH3 is 1. The first-order chi connectivity index (χ1) is 7.70. The van der Waals surface area contributed by atoms with Crippen LogP contribution in [0.5, 0.6) is 0 Å². The molecule has 0 spiro atoms. The molecule has 0 radical (unpaired) electrons. The minimum absolute atomic E-state index is 0.133. The standard InChI is InChI=1S/C13H15ClO2/c1-16-13(15)8-12(9-2-3-9)10-4-6-11(14)7-5-10/h4-7,9,12H,2-3,8H2,1H3. The Morgan fingerprint density at radius 2 is 2.06 bits per heavy atom. The number of carbonyl (C=O) groups excluding carboxylic acids is 1. The molecule has 3 heteroatoms. The molecule has 0 aromatic heterocycles. The quantitative estimate of drug-likeness (QED) is 0.752. The maximum Gasteiger partial charge on any atom is 0.306 e. The van der Waals surface area contributed by atoms with Crippen LogP contribution in [0.4, 0.5) is 0 Å². The molecule has 1 fully saturated rings. The zero-order chi connectivity index (χ0) is 11.5. The lowest BCUT2D eigenvalue weighted by atomic mass is 9.91. The zero-order valence-electron chi connectivity index (χ0n) is 9.28. The third kappa shape index (κ3) is 2.76. The number of halogens is 1. The Labute approximate surface area is 101 Å². The molecule has 2 rings (SSSR count). The van der Waals surface area contributed by atoms with Gasteiger partial charge in [0.1, 0.15) is 0 Å². The molecule has 0 amide bonds. The number of rotatable bonds is 4. The summed E-state index contributed by atoms with van der Waals surface area (Å²) in [5.74, 6) is 0.803. The number of ether oxygens (including phenoxy) is 1. The SMILES string of the molecule is COC(=O)CC(c1ccc(Cl)cc1)C1CC1. The van der Waals surface area contributed by atoms with Crippen molar-refractivity contribution in [2.75, 3.05) is 7.11 Å². The largest absolute Gasteiger partial charge is 0.469 e. The number of carbonyl (C=O) groups is 1. The van der Waals surface area contributed by atoms with Crippen LogP contribution in [0.25, 0.3) is 0 Å². The van der Waals surface area contributed by atoms with Gasteiger partial charge in [0.15, 0.2) is 0 Å². The van der Waals surface area contributed by atoms with E-state index < -0.39 is 0 Å². The maximum atomic E-state index is 11.3. The van der Waals surface area contributed by atoms with Crippen molar-refractivity contribution in [2.24, 2.45) is 5.92 Å². The molecule has 0 aliphatic heterocycles. The van der Waals surface area contributed by atoms with Crippen LogP contribution in [-0.4, -0.2) is 13.1 Å². The summed E-state index contributed by atoms with van der Waals surface area (Å²) in [6.07, 6.45) is 2.90. The van der Waals surface area contributed by atoms with Crippen LogP contribution < -0.4 is 0 Å². The molecule has 1 unspecified atom stereocenters. The molecule has 1 aromatic carbocycles. The minimum atomic E-state index is -0.133. The van der Waals surface area contributed by atoms with E-state index in [9.17, 15) is 4.79 Å². The first-order valence-corrected chi connectivity index (χ1v) is 5.91. The Morgan fingerprint density at radius 3 is 2.56 bits per heavy atom. The smallest absolute Gasteiger partial charge is 0.306 e. The molecule has 1 aliphatic carbocycles. The van der Waals surface area contributed by atoms with E-state index in [0.29, 0.717) is 18.3 Å². The number of hydrogen-bond acceptors (Lipinski definition) is 2. The van der Waals surface area contributed by atoms with Crippen LogP contribution >= 0.6 is 11.6 Å². The molecule has 1 saturated carbocycles. The summed E-state index contributed by atoms with van der Waals surface area (Å²) >= 11 is 5.85. The number of hydrogen-bond donors (Lipinski definition) is 0. The van der Waals surface area contributed by atoms with E-state index in [2.05, 4.69) is 0 Å². The highest BCUT2D eigenvalue weighted by Crippen LogP contribution is 2.44. The van der Waals surface area contributed by atoms with Crippen LogP contribution in [0.15, 0.2) is 24.3 Å². The molecule has 1 aromatic rings. The van der Waals surface area contributed by atoms with Crippen molar-refractivity contribution in [3.8, 4) is 0 Å². The molecule has 0 saturated heterocycles. The van der Waals surface area contributed by atoms with Gasteiger partial charge in [0.05, 0.1) is 13.5 Å². The number of benzene rings is 1. The fourth-order valence-corrected chi connectivity index (χ4v) is 2.15. The molecule has 16 heavy (non-hydrogen) atoms. The Hall–Kier alpha value is -1.02. The number of esters is 1. The summed E-state index contributed by atoms with van der Waals surface area (Å²) in [6.45, 7) is 0. The van der Waals surface area contributed by atoms with Gasteiger partial charge in [0.2, 0.25) is 0 Å². The monoisotopic (exact) mass is 238 g/mol. The van der Waals surface area contributed by atoms with Gasteiger partial charge in [0.25, 0.3) is 0 Å². The predicted octanol–water partition coefficient (Wildman–Crippen LogP) is 3.40. The highest BCUT2D eigenvalue weighted by Gasteiger charge is 2.33. The van der Waals surface area contributed by atoms with Gasteiger partial charge < -0.3 is 4.74 Å². The van der Waals surface area contributed by atoms with E-state index in [1.807, 2.05) is 24.3 Å². The van der Waals surface area contributed by atoms with Crippen LogP contribution in [0.3, 0.4) is 0 Å². The highest BCUT2D eigenvalue weighted by atomic mass is 35.5. The van der Waals surface area contributed by atoms with Crippen LogP contribution in [0.2, 0.25) is 5.02 Å². The predicted molar refractivity (Wildman–Crippen MR) is 63.6 cm³/mol. The fourth-order valence-electron chi connectivity index (χ4n) is 2.03. The second-order valence-corrected chi connectivity index (χ2v) is 4.71. The molecule has 0 bridgehead atoms. The van der Waals surface area contributed by atoms with Crippen molar-refractivity contribution in [3.05, 3.63) is 34.9 Å². The lowest BCUT2D eigenvalue weighted by molar-refractivity contribution is -0.141. The summed E-state index contributed by atoms with van der Waals surface area (Å²) in [6, 6.07) is 7.77. The van der Waals surface area contributed by atoms with E-state index in [0.717, 1.165) is 5.02 Å². The summed E-state index contributed by atoms with van der Waals surface area (Å²) in [7, 11) is 1.44. The molecule has 2 nitrogen and oxygen atoms in total. The van der Waals surface area contributed by atoms with E-state index in [1.54, 1.807) is 0 Å². The Balaban J connectivity index is 2.12. The summed E-state index contributed by atoms with van der Waals surface area (Å²) in [4.78, 5) is 11.3. The van der Waals surface area contributed by atoms with Gasteiger partial charge in [-0.15, -0.1) is 0 Å².